The minimum Gasteiger partial charge on any atom is -0.478 e. The number of alkyl carbamates (subject to hydrolysis) is 1. The fourth-order valence-electron chi connectivity index (χ4n) is 0.993. The maximum Gasteiger partial charge on any atom is 0.407 e. The van der Waals surface area contributed by atoms with Crippen LogP contribution < -0.4 is 5.32 Å². The number of aliphatic carboxylic acids is 1. The van der Waals surface area contributed by atoms with E-state index in [9.17, 15) is 14.4 Å². The van der Waals surface area contributed by atoms with Crippen molar-refractivity contribution < 1.29 is 29.0 Å². The van der Waals surface area contributed by atoms with E-state index in [1.807, 2.05) is 6.92 Å². The molecule has 0 saturated carbocycles. The summed E-state index contributed by atoms with van der Waals surface area (Å²) in [6.07, 6.45) is 2.68. The molecule has 0 heterocycles. The molecule has 0 saturated heterocycles. The van der Waals surface area contributed by atoms with Crippen molar-refractivity contribution in [2.75, 3.05) is 19.8 Å². The van der Waals surface area contributed by atoms with Crippen LogP contribution in [0.25, 0.3) is 0 Å². The second kappa shape index (κ2) is 15.1. The van der Waals surface area contributed by atoms with Gasteiger partial charge in [0.05, 0.1) is 13.2 Å². The number of amides is 1. The van der Waals surface area contributed by atoms with Crippen LogP contribution in [0, 0.1) is 0 Å². The van der Waals surface area contributed by atoms with Crippen molar-refractivity contribution in [3.05, 3.63) is 24.8 Å². The van der Waals surface area contributed by atoms with Crippen LogP contribution in [0.1, 0.15) is 33.1 Å². The van der Waals surface area contributed by atoms with E-state index in [0.29, 0.717) is 13.2 Å². The van der Waals surface area contributed by atoms with Gasteiger partial charge in [-0.3, -0.25) is 0 Å². The van der Waals surface area contributed by atoms with Crippen LogP contribution in [0.5, 0.6) is 0 Å². The van der Waals surface area contributed by atoms with E-state index >= 15 is 0 Å². The number of carboxylic acids is 1. The molecule has 0 aromatic rings. The maximum absolute atomic E-state index is 11.0. The molecule has 1 amide bonds. The molecule has 0 aliphatic carbocycles. The predicted octanol–water partition coefficient (Wildman–Crippen LogP) is 2.28. The van der Waals surface area contributed by atoms with Crippen LogP contribution in [-0.2, 0) is 19.1 Å². The lowest BCUT2D eigenvalue weighted by atomic mass is 10.2. The van der Waals surface area contributed by atoms with E-state index in [1.54, 1.807) is 6.92 Å². The zero-order valence-electron chi connectivity index (χ0n) is 13.2. The first-order chi connectivity index (χ1) is 10.4. The van der Waals surface area contributed by atoms with E-state index in [1.165, 1.54) is 0 Å². The second-order valence-corrected chi connectivity index (χ2v) is 4.03. The Bertz CT molecular complexity index is 378. The van der Waals surface area contributed by atoms with Gasteiger partial charge in [-0.2, -0.15) is 0 Å². The van der Waals surface area contributed by atoms with Crippen molar-refractivity contribution in [3.63, 3.8) is 0 Å². The van der Waals surface area contributed by atoms with Crippen LogP contribution in [0.2, 0.25) is 0 Å². The number of carboxylic acid groups (broad SMARTS) is 1. The van der Waals surface area contributed by atoms with Gasteiger partial charge in [0, 0.05) is 24.6 Å². The molecule has 0 fully saturated rings. The van der Waals surface area contributed by atoms with Gasteiger partial charge in [0.25, 0.3) is 0 Å². The summed E-state index contributed by atoms with van der Waals surface area (Å²) < 4.78 is 9.17. The molecule has 0 aliphatic rings. The number of unbranched alkanes of at least 4 members (excludes halogenated alkanes) is 1. The summed E-state index contributed by atoms with van der Waals surface area (Å²) in [7, 11) is 0. The molecule has 0 radical (unpaired) electrons. The molecule has 0 rings (SSSR count). The number of carbonyl (C=O) groups is 3. The quantitative estimate of drug-likeness (QED) is 0.384. The zero-order valence-corrected chi connectivity index (χ0v) is 13.2. The number of nitrogens with one attached hydrogen (secondary N) is 1. The molecular weight excluding hydrogens is 290 g/mol. The molecule has 0 aromatic heterocycles. The van der Waals surface area contributed by atoms with Gasteiger partial charge in [-0.25, -0.2) is 14.4 Å². The van der Waals surface area contributed by atoms with Gasteiger partial charge in [0.2, 0.25) is 0 Å². The van der Waals surface area contributed by atoms with E-state index in [-0.39, 0.29) is 24.6 Å². The molecule has 0 bridgehead atoms. The fraction of sp³-hybridized carbons (Fsp3) is 0.533. The van der Waals surface area contributed by atoms with Gasteiger partial charge in [0.1, 0.15) is 0 Å². The number of esters is 1. The molecule has 0 aromatic carbocycles. The van der Waals surface area contributed by atoms with E-state index < -0.39 is 12.1 Å². The second-order valence-electron chi connectivity index (χ2n) is 4.03. The average Bonchev–Trinajstić information content (AvgIpc) is 2.48. The summed E-state index contributed by atoms with van der Waals surface area (Å²) in [5, 5.41) is 11.0. The number of hydrogen-bond acceptors (Lipinski definition) is 5. The Balaban J connectivity index is 0. The Labute approximate surface area is 131 Å². The SMILES string of the molecule is C=C(CCOC(=O)NCCCC)C(=O)O.C=CC(=O)OCC. The molecule has 126 valence electrons. The van der Waals surface area contributed by atoms with Gasteiger partial charge in [0.15, 0.2) is 0 Å². The maximum atomic E-state index is 11.0. The predicted molar refractivity (Wildman–Crippen MR) is 82.5 cm³/mol. The molecule has 0 atom stereocenters. The van der Waals surface area contributed by atoms with Crippen molar-refractivity contribution in [2.45, 2.75) is 33.1 Å². The first kappa shape index (κ1) is 22.0. The standard InChI is InChI=1S/C10H17NO4.C5H8O2/c1-3-4-6-11-10(14)15-7-5-8(2)9(12)13;1-3-5(6)7-4-2/h2-7H2,1H3,(H,11,14)(H,12,13);3H,1,4H2,2H3. The van der Waals surface area contributed by atoms with Gasteiger partial charge >= 0.3 is 18.0 Å². The highest BCUT2D eigenvalue weighted by Gasteiger charge is 2.05. The molecule has 0 spiro atoms. The first-order valence-electron chi connectivity index (χ1n) is 6.99. The number of rotatable bonds is 9. The Morgan fingerprint density at radius 2 is 1.86 bits per heavy atom. The Kier molecular flexibility index (Phi) is 15.1. The van der Waals surface area contributed by atoms with Crippen molar-refractivity contribution in [1.82, 2.24) is 5.32 Å². The molecule has 0 unspecified atom stereocenters. The smallest absolute Gasteiger partial charge is 0.407 e. The molecule has 0 aliphatic heterocycles. The summed E-state index contributed by atoms with van der Waals surface area (Å²) >= 11 is 0. The van der Waals surface area contributed by atoms with Crippen molar-refractivity contribution >= 4 is 18.0 Å². The van der Waals surface area contributed by atoms with Gasteiger partial charge < -0.3 is 19.9 Å². The lowest BCUT2D eigenvalue weighted by Crippen LogP contribution is -2.25. The normalized spacial score (nSPS) is 8.82. The summed E-state index contributed by atoms with van der Waals surface area (Å²) in [6, 6.07) is 0. The Morgan fingerprint density at radius 3 is 2.27 bits per heavy atom. The topological polar surface area (TPSA) is 102 Å². The Morgan fingerprint density at radius 1 is 1.23 bits per heavy atom. The molecule has 2 N–H and O–H groups in total. The zero-order chi connectivity index (χ0) is 17.4. The van der Waals surface area contributed by atoms with E-state index in [2.05, 4.69) is 23.2 Å². The Hall–Kier alpha value is -2.31. The minimum absolute atomic E-state index is 0.0383. The van der Waals surface area contributed by atoms with E-state index in [0.717, 1.165) is 18.9 Å². The third kappa shape index (κ3) is 15.7. The molecule has 7 nitrogen and oxygen atoms in total. The summed E-state index contributed by atoms with van der Waals surface area (Å²) in [4.78, 5) is 31.4. The van der Waals surface area contributed by atoms with Crippen molar-refractivity contribution in [1.29, 1.82) is 0 Å². The number of carbonyl (C=O) groups excluding carboxylic acids is 2. The van der Waals surface area contributed by atoms with Crippen LogP contribution in [0.4, 0.5) is 4.79 Å². The first-order valence-corrected chi connectivity index (χ1v) is 6.99. The van der Waals surface area contributed by atoms with E-state index in [4.69, 9.17) is 9.84 Å². The third-order valence-electron chi connectivity index (χ3n) is 2.19. The van der Waals surface area contributed by atoms with Crippen LogP contribution >= 0.6 is 0 Å². The summed E-state index contributed by atoms with van der Waals surface area (Å²) in [5.41, 5.74) is 0.0383. The van der Waals surface area contributed by atoms with Crippen LogP contribution in [0.15, 0.2) is 24.8 Å². The largest absolute Gasteiger partial charge is 0.478 e. The lowest BCUT2D eigenvalue weighted by molar-refractivity contribution is -0.137. The highest BCUT2D eigenvalue weighted by molar-refractivity contribution is 5.85. The minimum atomic E-state index is -1.06. The van der Waals surface area contributed by atoms with Gasteiger partial charge in [-0.05, 0) is 13.3 Å². The van der Waals surface area contributed by atoms with Gasteiger partial charge in [-0.15, -0.1) is 0 Å². The summed E-state index contributed by atoms with van der Waals surface area (Å²) in [5.74, 6) is -1.42. The number of ether oxygens (including phenoxy) is 2. The monoisotopic (exact) mass is 315 g/mol. The van der Waals surface area contributed by atoms with Crippen LogP contribution in [-0.4, -0.2) is 42.9 Å². The highest BCUT2D eigenvalue weighted by Crippen LogP contribution is 1.98. The highest BCUT2D eigenvalue weighted by atomic mass is 16.5. The number of hydrogen-bond donors (Lipinski definition) is 2. The molecule has 22 heavy (non-hydrogen) atoms. The van der Waals surface area contributed by atoms with Crippen molar-refractivity contribution in [2.24, 2.45) is 0 Å². The van der Waals surface area contributed by atoms with Crippen LogP contribution in [0.3, 0.4) is 0 Å². The third-order valence-corrected chi connectivity index (χ3v) is 2.19. The average molecular weight is 315 g/mol. The van der Waals surface area contributed by atoms with Crippen molar-refractivity contribution in [3.8, 4) is 0 Å². The molecular formula is C15H25NO6. The fourth-order valence-corrected chi connectivity index (χ4v) is 0.993. The summed E-state index contributed by atoms with van der Waals surface area (Å²) in [6.45, 7) is 11.3. The molecule has 7 heteroatoms. The van der Waals surface area contributed by atoms with Gasteiger partial charge in [-0.1, -0.05) is 26.5 Å². The lowest BCUT2D eigenvalue weighted by Gasteiger charge is -2.05.